The Labute approximate surface area is 119 Å². The highest BCUT2D eigenvalue weighted by molar-refractivity contribution is 5.58. The van der Waals surface area contributed by atoms with Gasteiger partial charge < -0.3 is 14.9 Å². The molecule has 1 N–H and O–H groups in total. The maximum atomic E-state index is 10.8. The zero-order valence-electron chi connectivity index (χ0n) is 12.5. The lowest BCUT2D eigenvalue weighted by Crippen LogP contribution is -2.40. The lowest BCUT2D eigenvalue weighted by Gasteiger charge is -2.33. The number of non-ortho nitro benzene ring substituents is 1. The number of hydrogen-bond acceptors (Lipinski definition) is 5. The summed E-state index contributed by atoms with van der Waals surface area (Å²) in [4.78, 5) is 14.6. The van der Waals surface area contributed by atoms with Crippen LogP contribution in [0.2, 0.25) is 0 Å². The van der Waals surface area contributed by atoms with Crippen molar-refractivity contribution in [1.82, 2.24) is 4.90 Å². The zero-order chi connectivity index (χ0) is 15.3. The van der Waals surface area contributed by atoms with Gasteiger partial charge in [-0.2, -0.15) is 0 Å². The van der Waals surface area contributed by atoms with Crippen LogP contribution < -0.4 is 4.90 Å². The van der Waals surface area contributed by atoms with Crippen LogP contribution in [0.4, 0.5) is 11.4 Å². The third-order valence-electron chi connectivity index (χ3n) is 3.26. The van der Waals surface area contributed by atoms with Gasteiger partial charge in [-0.15, -0.1) is 0 Å². The molecule has 1 rings (SSSR count). The Hall–Kier alpha value is -1.66. The molecule has 0 radical (unpaired) electrons. The lowest BCUT2D eigenvalue weighted by molar-refractivity contribution is -0.384. The summed E-state index contributed by atoms with van der Waals surface area (Å²) in [5.74, 6) is 0. The maximum Gasteiger partial charge on any atom is 0.269 e. The predicted molar refractivity (Wildman–Crippen MR) is 80.1 cm³/mol. The van der Waals surface area contributed by atoms with Crippen molar-refractivity contribution in [2.75, 3.05) is 32.1 Å². The van der Waals surface area contributed by atoms with Crippen LogP contribution in [-0.2, 0) is 6.61 Å². The topological polar surface area (TPSA) is 69.8 Å². The summed E-state index contributed by atoms with van der Waals surface area (Å²) in [6.07, 6.45) is 0. The summed E-state index contributed by atoms with van der Waals surface area (Å²) in [6, 6.07) is 4.90. The monoisotopic (exact) mass is 281 g/mol. The quantitative estimate of drug-likeness (QED) is 0.610. The number of nitro groups is 1. The second-order valence-corrected chi connectivity index (χ2v) is 5.13. The standard InChI is InChI=1S/C14H23N3O3/c1-5-16(11(2)9-15(3)4)14-7-6-13(17(19)20)8-12(14)10-18/h6-8,11,18H,5,9-10H2,1-4H3. The van der Waals surface area contributed by atoms with Gasteiger partial charge in [0.15, 0.2) is 0 Å². The molecule has 0 aliphatic carbocycles. The minimum absolute atomic E-state index is 0.00844. The Balaban J connectivity index is 3.11. The zero-order valence-corrected chi connectivity index (χ0v) is 12.5. The van der Waals surface area contributed by atoms with E-state index in [0.717, 1.165) is 18.8 Å². The molecule has 0 saturated carbocycles. The molecule has 112 valence electrons. The number of nitrogens with zero attached hydrogens (tertiary/aromatic N) is 3. The smallest absolute Gasteiger partial charge is 0.269 e. The highest BCUT2D eigenvalue weighted by atomic mass is 16.6. The molecule has 6 heteroatoms. The molecular formula is C14H23N3O3. The van der Waals surface area contributed by atoms with Crippen molar-refractivity contribution < 1.29 is 10.0 Å². The molecule has 1 atom stereocenters. The van der Waals surface area contributed by atoms with Gasteiger partial charge in [0.1, 0.15) is 0 Å². The van der Waals surface area contributed by atoms with E-state index in [1.165, 1.54) is 12.1 Å². The van der Waals surface area contributed by atoms with E-state index in [9.17, 15) is 15.2 Å². The summed E-state index contributed by atoms with van der Waals surface area (Å²) in [6.45, 7) is 5.58. The Morgan fingerprint density at radius 1 is 1.40 bits per heavy atom. The molecule has 0 aliphatic heterocycles. The van der Waals surface area contributed by atoms with Gasteiger partial charge in [0.25, 0.3) is 5.69 Å². The van der Waals surface area contributed by atoms with E-state index in [-0.39, 0.29) is 18.3 Å². The van der Waals surface area contributed by atoms with Gasteiger partial charge >= 0.3 is 0 Å². The number of likely N-dealkylation sites (N-methyl/N-ethyl adjacent to an activating group) is 2. The molecule has 0 aliphatic rings. The summed E-state index contributed by atoms with van der Waals surface area (Å²) in [5, 5.41) is 20.3. The van der Waals surface area contributed by atoms with Crippen LogP contribution in [-0.4, -0.2) is 48.2 Å². The first-order chi connectivity index (χ1) is 9.40. The van der Waals surface area contributed by atoms with Crippen LogP contribution in [0.3, 0.4) is 0 Å². The fourth-order valence-corrected chi connectivity index (χ4v) is 2.44. The molecule has 1 aromatic rings. The van der Waals surface area contributed by atoms with E-state index in [1.54, 1.807) is 6.07 Å². The lowest BCUT2D eigenvalue weighted by atomic mass is 10.1. The molecule has 0 fully saturated rings. The van der Waals surface area contributed by atoms with Crippen molar-refractivity contribution in [3.63, 3.8) is 0 Å². The van der Waals surface area contributed by atoms with Gasteiger partial charge in [-0.05, 0) is 34.0 Å². The number of anilines is 1. The number of rotatable bonds is 7. The number of hydrogen-bond donors (Lipinski definition) is 1. The van der Waals surface area contributed by atoms with Gasteiger partial charge in [-0.25, -0.2) is 0 Å². The van der Waals surface area contributed by atoms with Gasteiger partial charge in [0.05, 0.1) is 11.5 Å². The number of aliphatic hydroxyl groups is 1. The van der Waals surface area contributed by atoms with Crippen molar-refractivity contribution in [2.24, 2.45) is 0 Å². The Morgan fingerprint density at radius 3 is 2.50 bits per heavy atom. The fourth-order valence-electron chi connectivity index (χ4n) is 2.44. The number of nitro benzene ring substituents is 1. The predicted octanol–water partition coefficient (Wildman–Crippen LogP) is 1.86. The van der Waals surface area contributed by atoms with Crippen molar-refractivity contribution in [3.8, 4) is 0 Å². The average Bonchev–Trinajstić information content (AvgIpc) is 2.38. The van der Waals surface area contributed by atoms with Gasteiger partial charge in [0.2, 0.25) is 0 Å². The van der Waals surface area contributed by atoms with E-state index >= 15 is 0 Å². The van der Waals surface area contributed by atoms with E-state index in [1.807, 2.05) is 21.0 Å². The van der Waals surface area contributed by atoms with Crippen LogP contribution in [0.5, 0.6) is 0 Å². The summed E-state index contributed by atoms with van der Waals surface area (Å²) in [5.41, 5.74) is 1.45. The molecule has 0 bridgehead atoms. The van der Waals surface area contributed by atoms with Crippen LogP contribution in [0, 0.1) is 10.1 Å². The van der Waals surface area contributed by atoms with Crippen LogP contribution in [0.15, 0.2) is 18.2 Å². The van der Waals surface area contributed by atoms with E-state index in [4.69, 9.17) is 0 Å². The van der Waals surface area contributed by atoms with Crippen molar-refractivity contribution in [2.45, 2.75) is 26.5 Å². The van der Waals surface area contributed by atoms with E-state index < -0.39 is 4.92 Å². The Bertz CT molecular complexity index is 463. The first kappa shape index (κ1) is 16.4. The van der Waals surface area contributed by atoms with E-state index in [0.29, 0.717) is 5.56 Å². The second kappa shape index (κ2) is 7.21. The first-order valence-corrected chi connectivity index (χ1v) is 6.70. The highest BCUT2D eigenvalue weighted by Gasteiger charge is 2.18. The highest BCUT2D eigenvalue weighted by Crippen LogP contribution is 2.27. The maximum absolute atomic E-state index is 10.8. The minimum Gasteiger partial charge on any atom is -0.392 e. The van der Waals surface area contributed by atoms with Gasteiger partial charge in [-0.1, -0.05) is 0 Å². The number of benzene rings is 1. The third kappa shape index (κ3) is 3.91. The van der Waals surface area contributed by atoms with Crippen molar-refractivity contribution in [3.05, 3.63) is 33.9 Å². The van der Waals surface area contributed by atoms with Crippen molar-refractivity contribution in [1.29, 1.82) is 0 Å². The van der Waals surface area contributed by atoms with Crippen LogP contribution >= 0.6 is 0 Å². The molecule has 1 aromatic carbocycles. The third-order valence-corrected chi connectivity index (χ3v) is 3.26. The fraction of sp³-hybridized carbons (Fsp3) is 0.571. The van der Waals surface area contributed by atoms with Crippen molar-refractivity contribution >= 4 is 11.4 Å². The summed E-state index contributed by atoms with van der Waals surface area (Å²) >= 11 is 0. The largest absolute Gasteiger partial charge is 0.392 e. The van der Waals surface area contributed by atoms with Gasteiger partial charge in [-0.3, -0.25) is 10.1 Å². The number of aliphatic hydroxyl groups excluding tert-OH is 1. The summed E-state index contributed by atoms with van der Waals surface area (Å²) in [7, 11) is 4.01. The average molecular weight is 281 g/mol. The summed E-state index contributed by atoms with van der Waals surface area (Å²) < 4.78 is 0. The Morgan fingerprint density at radius 2 is 2.05 bits per heavy atom. The SMILES string of the molecule is CCN(c1ccc([N+](=O)[O-])cc1CO)C(C)CN(C)C. The first-order valence-electron chi connectivity index (χ1n) is 6.70. The molecule has 0 heterocycles. The second-order valence-electron chi connectivity index (χ2n) is 5.13. The molecule has 0 aromatic heterocycles. The molecule has 0 amide bonds. The molecule has 0 saturated heterocycles. The molecule has 0 spiro atoms. The molecule has 6 nitrogen and oxygen atoms in total. The minimum atomic E-state index is -0.442. The van der Waals surface area contributed by atoms with E-state index in [2.05, 4.69) is 16.7 Å². The Kier molecular flexibility index (Phi) is 5.91. The molecule has 20 heavy (non-hydrogen) atoms. The molecule has 1 unspecified atom stereocenters. The van der Waals surface area contributed by atoms with Crippen LogP contribution in [0.1, 0.15) is 19.4 Å². The normalized spacial score (nSPS) is 12.5. The van der Waals surface area contributed by atoms with Crippen LogP contribution in [0.25, 0.3) is 0 Å². The van der Waals surface area contributed by atoms with Gasteiger partial charge in [0, 0.05) is 42.5 Å². The molecular weight excluding hydrogens is 258 g/mol.